The molecule has 0 aliphatic carbocycles. The Bertz CT molecular complexity index is 923. The molecule has 0 unspecified atom stereocenters. The molecule has 0 heterocycles. The van der Waals surface area contributed by atoms with E-state index in [1.54, 1.807) is 72.8 Å². The van der Waals surface area contributed by atoms with Gasteiger partial charge in [0.05, 0.1) is 24.3 Å². The van der Waals surface area contributed by atoms with Crippen molar-refractivity contribution in [3.05, 3.63) is 83.9 Å². The maximum atomic E-state index is 12.3. The smallest absolute Gasteiger partial charge is 0.343 e. The largest absolute Gasteiger partial charge is 0.494 e. The van der Waals surface area contributed by atoms with Gasteiger partial charge >= 0.3 is 11.9 Å². The number of benzene rings is 3. The van der Waals surface area contributed by atoms with E-state index in [1.165, 1.54) is 0 Å². The lowest BCUT2D eigenvalue weighted by molar-refractivity contribution is 0.0719. The van der Waals surface area contributed by atoms with Crippen LogP contribution in [0.5, 0.6) is 23.0 Å². The van der Waals surface area contributed by atoms with Crippen LogP contribution in [0.1, 0.15) is 47.4 Å². The Balaban J connectivity index is 1.54. The molecule has 6 nitrogen and oxygen atoms in total. The highest BCUT2D eigenvalue weighted by atomic mass is 16.5. The first kappa shape index (κ1) is 22.9. The van der Waals surface area contributed by atoms with Crippen LogP contribution >= 0.6 is 0 Å². The van der Waals surface area contributed by atoms with E-state index in [1.807, 2.05) is 13.8 Å². The summed E-state index contributed by atoms with van der Waals surface area (Å²) in [4.78, 5) is 24.6. The molecule has 0 aliphatic heterocycles. The predicted octanol–water partition coefficient (Wildman–Crippen LogP) is 5.70. The summed E-state index contributed by atoms with van der Waals surface area (Å²) in [5.41, 5.74) is 0.825. The lowest BCUT2D eigenvalue weighted by Crippen LogP contribution is -2.09. The fraction of sp³-hybridized carbons (Fsp3) is 0.231. The summed E-state index contributed by atoms with van der Waals surface area (Å²) >= 11 is 0. The first-order chi connectivity index (χ1) is 15.6. The molecule has 0 saturated heterocycles. The van der Waals surface area contributed by atoms with Crippen LogP contribution in [0.4, 0.5) is 0 Å². The zero-order chi connectivity index (χ0) is 22.8. The predicted molar refractivity (Wildman–Crippen MR) is 121 cm³/mol. The van der Waals surface area contributed by atoms with E-state index in [0.29, 0.717) is 47.3 Å². The second-order valence-electron chi connectivity index (χ2n) is 7.00. The Morgan fingerprint density at radius 2 is 0.844 bits per heavy atom. The minimum atomic E-state index is -0.484. The van der Waals surface area contributed by atoms with Crippen molar-refractivity contribution in [2.24, 2.45) is 0 Å². The second-order valence-corrected chi connectivity index (χ2v) is 7.00. The molecule has 0 amide bonds. The van der Waals surface area contributed by atoms with E-state index in [4.69, 9.17) is 18.9 Å². The van der Waals surface area contributed by atoms with Gasteiger partial charge in [-0.3, -0.25) is 0 Å². The molecular formula is C26H26O6. The Hall–Kier alpha value is -3.80. The van der Waals surface area contributed by atoms with Gasteiger partial charge in [-0.25, -0.2) is 9.59 Å². The summed E-state index contributed by atoms with van der Waals surface area (Å²) in [5.74, 6) is 1.14. The Morgan fingerprint density at radius 1 is 0.531 bits per heavy atom. The third-order valence-electron chi connectivity index (χ3n) is 4.37. The van der Waals surface area contributed by atoms with E-state index < -0.39 is 11.9 Å². The Morgan fingerprint density at radius 3 is 1.16 bits per heavy atom. The molecule has 0 radical (unpaired) electrons. The normalized spacial score (nSPS) is 10.3. The molecule has 3 aromatic carbocycles. The van der Waals surface area contributed by atoms with Gasteiger partial charge in [-0.05, 0) is 85.6 Å². The molecule has 3 aromatic rings. The molecular weight excluding hydrogens is 408 g/mol. The highest BCUT2D eigenvalue weighted by Gasteiger charge is 2.11. The van der Waals surface area contributed by atoms with Gasteiger partial charge in [0.2, 0.25) is 0 Å². The number of carbonyl (C=O) groups excluding carboxylic acids is 2. The fourth-order valence-electron chi connectivity index (χ4n) is 2.72. The van der Waals surface area contributed by atoms with Crippen molar-refractivity contribution in [3.63, 3.8) is 0 Å². The van der Waals surface area contributed by atoms with Crippen molar-refractivity contribution in [2.45, 2.75) is 26.7 Å². The van der Waals surface area contributed by atoms with Crippen molar-refractivity contribution < 1.29 is 28.5 Å². The van der Waals surface area contributed by atoms with Crippen LogP contribution in [-0.2, 0) is 0 Å². The zero-order valence-corrected chi connectivity index (χ0v) is 18.2. The summed E-state index contributed by atoms with van der Waals surface area (Å²) < 4.78 is 21.8. The van der Waals surface area contributed by atoms with Crippen LogP contribution in [0, 0.1) is 0 Å². The molecule has 6 heteroatoms. The molecule has 0 bridgehead atoms. The number of hydrogen-bond acceptors (Lipinski definition) is 6. The van der Waals surface area contributed by atoms with Crippen LogP contribution in [0.2, 0.25) is 0 Å². The lowest BCUT2D eigenvalue weighted by Gasteiger charge is -2.08. The molecule has 0 spiro atoms. The van der Waals surface area contributed by atoms with Crippen LogP contribution in [-0.4, -0.2) is 25.2 Å². The lowest BCUT2D eigenvalue weighted by atomic mass is 10.2. The van der Waals surface area contributed by atoms with E-state index >= 15 is 0 Å². The van der Waals surface area contributed by atoms with Gasteiger partial charge in [-0.1, -0.05) is 13.8 Å². The van der Waals surface area contributed by atoms with E-state index in [-0.39, 0.29) is 0 Å². The summed E-state index contributed by atoms with van der Waals surface area (Å²) in [6.07, 6.45) is 1.82. The maximum Gasteiger partial charge on any atom is 0.343 e. The van der Waals surface area contributed by atoms with Gasteiger partial charge in [0.1, 0.15) is 23.0 Å². The minimum absolute atomic E-state index is 0.346. The van der Waals surface area contributed by atoms with Gasteiger partial charge in [0.25, 0.3) is 0 Å². The highest BCUT2D eigenvalue weighted by molar-refractivity contribution is 5.92. The van der Waals surface area contributed by atoms with E-state index in [0.717, 1.165) is 12.8 Å². The minimum Gasteiger partial charge on any atom is -0.494 e. The summed E-state index contributed by atoms with van der Waals surface area (Å²) in [7, 11) is 0. The van der Waals surface area contributed by atoms with E-state index in [2.05, 4.69) is 0 Å². The van der Waals surface area contributed by atoms with Crippen LogP contribution in [0.25, 0.3) is 0 Å². The van der Waals surface area contributed by atoms with Gasteiger partial charge in [0, 0.05) is 0 Å². The van der Waals surface area contributed by atoms with E-state index in [9.17, 15) is 9.59 Å². The summed E-state index contributed by atoms with van der Waals surface area (Å²) in [6, 6.07) is 19.8. The first-order valence-corrected chi connectivity index (χ1v) is 10.6. The Kier molecular flexibility index (Phi) is 8.26. The van der Waals surface area contributed by atoms with Crippen LogP contribution < -0.4 is 18.9 Å². The molecule has 0 N–H and O–H groups in total. The van der Waals surface area contributed by atoms with Crippen molar-refractivity contribution in [1.29, 1.82) is 0 Å². The third-order valence-corrected chi connectivity index (χ3v) is 4.37. The molecule has 0 fully saturated rings. The average Bonchev–Trinajstić information content (AvgIpc) is 2.83. The molecule has 0 atom stereocenters. The van der Waals surface area contributed by atoms with Crippen molar-refractivity contribution in [3.8, 4) is 23.0 Å². The standard InChI is InChI=1S/C26H26O6/c1-3-17-29-21-9-5-19(6-10-21)25(27)31-23-13-15-24(16-14-23)32-26(28)20-7-11-22(12-8-20)30-18-4-2/h5-16H,3-4,17-18H2,1-2H3. The van der Waals surface area contributed by atoms with Gasteiger partial charge in [0.15, 0.2) is 0 Å². The van der Waals surface area contributed by atoms with Crippen LogP contribution in [0.15, 0.2) is 72.8 Å². The SMILES string of the molecule is CCCOc1ccc(C(=O)Oc2ccc(OC(=O)c3ccc(OCCC)cc3)cc2)cc1. The van der Waals surface area contributed by atoms with Crippen molar-refractivity contribution in [1.82, 2.24) is 0 Å². The van der Waals surface area contributed by atoms with Crippen molar-refractivity contribution in [2.75, 3.05) is 13.2 Å². The Labute approximate surface area is 187 Å². The van der Waals surface area contributed by atoms with Crippen LogP contribution in [0.3, 0.4) is 0 Å². The molecule has 3 rings (SSSR count). The summed E-state index contributed by atoms with van der Waals surface area (Å²) in [5, 5.41) is 0. The molecule has 32 heavy (non-hydrogen) atoms. The number of hydrogen-bond donors (Lipinski definition) is 0. The average molecular weight is 434 g/mol. The molecule has 0 aromatic heterocycles. The number of rotatable bonds is 10. The molecule has 0 saturated carbocycles. The highest BCUT2D eigenvalue weighted by Crippen LogP contribution is 2.21. The topological polar surface area (TPSA) is 71.1 Å². The monoisotopic (exact) mass is 434 g/mol. The second kappa shape index (κ2) is 11.6. The first-order valence-electron chi connectivity index (χ1n) is 10.6. The number of carbonyl (C=O) groups is 2. The van der Waals surface area contributed by atoms with Gasteiger partial charge in [-0.2, -0.15) is 0 Å². The van der Waals surface area contributed by atoms with Gasteiger partial charge in [-0.15, -0.1) is 0 Å². The maximum absolute atomic E-state index is 12.3. The zero-order valence-electron chi connectivity index (χ0n) is 18.2. The third kappa shape index (κ3) is 6.60. The number of esters is 2. The summed E-state index contributed by atoms with van der Waals surface area (Å²) in [6.45, 7) is 5.30. The van der Waals surface area contributed by atoms with Crippen molar-refractivity contribution >= 4 is 11.9 Å². The van der Waals surface area contributed by atoms with Gasteiger partial charge < -0.3 is 18.9 Å². The molecule has 0 aliphatic rings. The number of ether oxygens (including phenoxy) is 4. The quantitative estimate of drug-likeness (QED) is 0.301. The fourth-order valence-corrected chi connectivity index (χ4v) is 2.72. The molecule has 166 valence electrons.